The van der Waals surface area contributed by atoms with Crippen LogP contribution in [0.15, 0.2) is 42.5 Å². The lowest BCUT2D eigenvalue weighted by Gasteiger charge is -2.22. The van der Waals surface area contributed by atoms with Crippen LogP contribution in [0, 0.1) is 12.7 Å². The Labute approximate surface area is 154 Å². The Morgan fingerprint density at radius 2 is 1.96 bits per heavy atom. The number of amides is 1. The highest BCUT2D eigenvalue weighted by molar-refractivity contribution is 6.08. The number of halogens is 1. The fourth-order valence-electron chi connectivity index (χ4n) is 3.41. The number of fused-ring (bicyclic) bond motifs is 1. The van der Waals surface area contributed by atoms with Crippen LogP contribution in [0.1, 0.15) is 16.8 Å². The number of nitrogen functional groups attached to an aromatic ring is 1. The number of anilines is 2. The number of hydrogen-bond acceptors (Lipinski definition) is 5. The summed E-state index contributed by atoms with van der Waals surface area (Å²) in [5, 5.41) is 18.4. The van der Waals surface area contributed by atoms with Gasteiger partial charge in [0.05, 0.1) is 24.1 Å². The highest BCUT2D eigenvalue weighted by atomic mass is 19.1. The third kappa shape index (κ3) is 2.37. The van der Waals surface area contributed by atoms with E-state index in [2.05, 4.69) is 10.4 Å². The minimum Gasteiger partial charge on any atom is -0.497 e. The van der Waals surface area contributed by atoms with E-state index in [0.29, 0.717) is 28.4 Å². The van der Waals surface area contributed by atoms with Gasteiger partial charge in [-0.25, -0.2) is 9.07 Å². The summed E-state index contributed by atoms with van der Waals surface area (Å²) < 4.78 is 19.8. The average Bonchev–Trinajstić information content (AvgIpc) is 3.09. The number of carbonyl (C=O) groups is 1. The number of aromatic nitrogens is 2. The van der Waals surface area contributed by atoms with Crippen LogP contribution < -0.4 is 15.8 Å². The van der Waals surface area contributed by atoms with Gasteiger partial charge in [0.2, 0.25) is 5.60 Å². The molecule has 1 aromatic heterocycles. The van der Waals surface area contributed by atoms with Crippen LogP contribution >= 0.6 is 0 Å². The zero-order valence-electron chi connectivity index (χ0n) is 14.7. The van der Waals surface area contributed by atoms with Crippen molar-refractivity contribution in [3.63, 3.8) is 0 Å². The summed E-state index contributed by atoms with van der Waals surface area (Å²) in [4.78, 5) is 12.7. The molecular weight excluding hydrogens is 351 g/mol. The number of aliphatic hydroxyl groups is 1. The maximum Gasteiger partial charge on any atom is 0.266 e. The molecule has 4 N–H and O–H groups in total. The maximum absolute atomic E-state index is 13.2. The number of methoxy groups -OCH3 is 1. The molecule has 1 aliphatic heterocycles. The second-order valence-electron chi connectivity index (χ2n) is 6.31. The number of nitrogens with zero attached hydrogens (tertiary/aromatic N) is 2. The van der Waals surface area contributed by atoms with Crippen LogP contribution in [-0.4, -0.2) is 27.9 Å². The van der Waals surface area contributed by atoms with Crippen molar-refractivity contribution in [2.75, 3.05) is 18.2 Å². The van der Waals surface area contributed by atoms with Crippen molar-refractivity contribution >= 4 is 17.4 Å². The van der Waals surface area contributed by atoms with E-state index < -0.39 is 17.3 Å². The average molecular weight is 368 g/mol. The highest BCUT2D eigenvalue weighted by Gasteiger charge is 2.50. The van der Waals surface area contributed by atoms with E-state index in [1.54, 1.807) is 25.1 Å². The largest absolute Gasteiger partial charge is 0.497 e. The number of nitrogens with two attached hydrogens (primary N) is 1. The predicted octanol–water partition coefficient (Wildman–Crippen LogP) is 2.10. The van der Waals surface area contributed by atoms with Gasteiger partial charge in [-0.05, 0) is 49.4 Å². The molecule has 0 bridgehead atoms. The van der Waals surface area contributed by atoms with E-state index in [1.165, 1.54) is 36.1 Å². The highest BCUT2D eigenvalue weighted by Crippen LogP contribution is 2.45. The molecule has 0 unspecified atom stereocenters. The number of hydrogen-bond donors (Lipinski definition) is 3. The summed E-state index contributed by atoms with van der Waals surface area (Å²) in [5.74, 6) is -0.436. The molecule has 0 radical (unpaired) electrons. The van der Waals surface area contributed by atoms with Crippen LogP contribution in [0.25, 0.3) is 5.69 Å². The number of rotatable bonds is 3. The second-order valence-corrected chi connectivity index (χ2v) is 6.31. The van der Waals surface area contributed by atoms with Crippen LogP contribution in [0.2, 0.25) is 0 Å². The molecule has 7 nitrogen and oxygen atoms in total. The lowest BCUT2D eigenvalue weighted by atomic mass is 9.87. The van der Waals surface area contributed by atoms with Crippen molar-refractivity contribution in [3.8, 4) is 11.4 Å². The monoisotopic (exact) mass is 368 g/mol. The molecule has 27 heavy (non-hydrogen) atoms. The van der Waals surface area contributed by atoms with Crippen molar-refractivity contribution in [1.29, 1.82) is 0 Å². The summed E-state index contributed by atoms with van der Waals surface area (Å²) in [6, 6.07) is 10.5. The van der Waals surface area contributed by atoms with Crippen molar-refractivity contribution in [1.82, 2.24) is 9.78 Å². The van der Waals surface area contributed by atoms with Crippen LogP contribution in [0.5, 0.6) is 5.75 Å². The van der Waals surface area contributed by atoms with E-state index in [0.717, 1.165) is 0 Å². The van der Waals surface area contributed by atoms with Gasteiger partial charge in [-0.3, -0.25) is 4.79 Å². The molecule has 138 valence electrons. The first-order valence-electron chi connectivity index (χ1n) is 8.20. The van der Waals surface area contributed by atoms with Gasteiger partial charge in [-0.2, -0.15) is 5.10 Å². The van der Waals surface area contributed by atoms with Gasteiger partial charge in [0, 0.05) is 11.3 Å². The molecular formula is C19H17FN4O3. The van der Waals surface area contributed by atoms with Gasteiger partial charge in [0.1, 0.15) is 17.4 Å². The zero-order chi connectivity index (χ0) is 19.3. The summed E-state index contributed by atoms with van der Waals surface area (Å²) in [7, 11) is 1.50. The standard InChI is InChI=1S/C19H17FN4O3/c1-10-16(17(21)24(23-10)12-5-3-11(20)4-6-12)19(26)14-9-13(27-2)7-8-15(14)22-18(19)25/h3-9,26H,21H2,1-2H3,(H,22,25)/t19-/m1/s1. The Balaban J connectivity index is 1.92. The Bertz CT molecular complexity index is 1060. The number of carbonyl (C=O) groups excluding carboxylic acids is 1. The minimum absolute atomic E-state index is 0.0902. The van der Waals surface area contributed by atoms with Crippen LogP contribution in [-0.2, 0) is 10.4 Å². The van der Waals surface area contributed by atoms with Crippen molar-refractivity contribution in [3.05, 3.63) is 65.1 Å². The minimum atomic E-state index is -2.02. The van der Waals surface area contributed by atoms with E-state index in [4.69, 9.17) is 10.5 Å². The first-order valence-corrected chi connectivity index (χ1v) is 8.20. The number of nitrogens with one attached hydrogen (secondary N) is 1. The Kier molecular flexibility index (Phi) is 3.67. The van der Waals surface area contributed by atoms with E-state index in [1.807, 2.05) is 0 Å². The molecule has 1 amide bonds. The summed E-state index contributed by atoms with van der Waals surface area (Å²) in [5.41, 5.74) is 6.12. The smallest absolute Gasteiger partial charge is 0.266 e. The normalized spacial score (nSPS) is 18.3. The topological polar surface area (TPSA) is 102 Å². The van der Waals surface area contributed by atoms with Crippen LogP contribution in [0.3, 0.4) is 0 Å². The maximum atomic E-state index is 13.2. The van der Waals surface area contributed by atoms with Crippen molar-refractivity contribution < 1.29 is 19.0 Å². The van der Waals surface area contributed by atoms with Crippen molar-refractivity contribution in [2.24, 2.45) is 0 Å². The van der Waals surface area contributed by atoms with Crippen LogP contribution in [0.4, 0.5) is 15.9 Å². The third-order valence-corrected chi connectivity index (χ3v) is 4.72. The third-order valence-electron chi connectivity index (χ3n) is 4.72. The fraction of sp³-hybridized carbons (Fsp3) is 0.158. The lowest BCUT2D eigenvalue weighted by Crippen LogP contribution is -2.36. The molecule has 0 fully saturated rings. The first-order chi connectivity index (χ1) is 12.9. The first kappa shape index (κ1) is 17.0. The van der Waals surface area contributed by atoms with Gasteiger partial charge in [0.25, 0.3) is 5.91 Å². The number of ether oxygens (including phenoxy) is 1. The molecule has 8 heteroatoms. The van der Waals surface area contributed by atoms with E-state index >= 15 is 0 Å². The van der Waals surface area contributed by atoms with Gasteiger partial charge >= 0.3 is 0 Å². The molecule has 4 rings (SSSR count). The van der Waals surface area contributed by atoms with Gasteiger partial charge in [-0.1, -0.05) is 0 Å². The molecule has 0 spiro atoms. The Morgan fingerprint density at radius 1 is 1.26 bits per heavy atom. The Morgan fingerprint density at radius 3 is 2.63 bits per heavy atom. The molecule has 0 saturated heterocycles. The zero-order valence-corrected chi connectivity index (χ0v) is 14.7. The van der Waals surface area contributed by atoms with Gasteiger partial charge in [-0.15, -0.1) is 0 Å². The molecule has 0 aliphatic carbocycles. The summed E-state index contributed by atoms with van der Waals surface area (Å²) in [6.07, 6.45) is 0. The molecule has 1 atom stereocenters. The lowest BCUT2D eigenvalue weighted by molar-refractivity contribution is -0.129. The number of aryl methyl sites for hydroxylation is 1. The fourth-order valence-corrected chi connectivity index (χ4v) is 3.41. The quantitative estimate of drug-likeness (QED) is 0.657. The SMILES string of the molecule is COc1ccc2c(c1)[C@@](O)(c1c(C)nn(-c3ccc(F)cc3)c1N)C(=O)N2. The second kappa shape index (κ2) is 5.82. The summed E-state index contributed by atoms with van der Waals surface area (Å²) in [6.45, 7) is 1.65. The van der Waals surface area contributed by atoms with Gasteiger partial charge < -0.3 is 20.9 Å². The summed E-state index contributed by atoms with van der Waals surface area (Å²) >= 11 is 0. The number of benzene rings is 2. The predicted molar refractivity (Wildman–Crippen MR) is 97.3 cm³/mol. The molecule has 2 aromatic carbocycles. The van der Waals surface area contributed by atoms with E-state index in [-0.39, 0.29) is 11.4 Å². The molecule has 3 aromatic rings. The molecule has 1 aliphatic rings. The van der Waals surface area contributed by atoms with Gasteiger partial charge in [0.15, 0.2) is 0 Å². The molecule has 0 saturated carbocycles. The van der Waals surface area contributed by atoms with Crippen molar-refractivity contribution in [2.45, 2.75) is 12.5 Å². The Hall–Kier alpha value is -3.39. The van der Waals surface area contributed by atoms with E-state index in [9.17, 15) is 14.3 Å². The molecule has 2 heterocycles.